The second-order valence-corrected chi connectivity index (χ2v) is 12.6. The zero-order chi connectivity index (χ0) is 28.1. The molecule has 0 aliphatic carbocycles. The Labute approximate surface area is 242 Å². The molecule has 0 spiro atoms. The molecule has 5 nitrogen and oxygen atoms in total. The number of carbonyl (C=O) groups is 3. The van der Waals surface area contributed by atoms with Crippen LogP contribution in [0.3, 0.4) is 0 Å². The van der Waals surface area contributed by atoms with E-state index in [-0.39, 0.29) is 28.7 Å². The standard InChI is InChI=1S/C31H57NO4S2/c1-4-6-7-8-9-10-11-12-13-14-15-16-17-18-19-20-24-36-30(34)22-25-38-31(35)27-29(21-5-2)37-26-23-32-28(3)33/h5,21,29H,4,6-20,22-27H2,1-3H3,(H,32,33). The summed E-state index contributed by atoms with van der Waals surface area (Å²) in [5, 5.41) is 2.95. The lowest BCUT2D eigenvalue weighted by Gasteiger charge is -2.11. The smallest absolute Gasteiger partial charge is 0.306 e. The van der Waals surface area contributed by atoms with Crippen LogP contribution in [0.5, 0.6) is 0 Å². The quantitative estimate of drug-likeness (QED) is 0.0604. The van der Waals surface area contributed by atoms with Gasteiger partial charge in [0.15, 0.2) is 5.12 Å². The Bertz CT molecular complexity index is 613. The minimum Gasteiger partial charge on any atom is -0.466 e. The number of carbonyl (C=O) groups excluding carboxylic acids is 3. The fourth-order valence-electron chi connectivity index (χ4n) is 4.21. The van der Waals surface area contributed by atoms with Gasteiger partial charge in [0.25, 0.3) is 0 Å². The highest BCUT2D eigenvalue weighted by molar-refractivity contribution is 8.13. The molecule has 0 aromatic heterocycles. The molecular weight excluding hydrogens is 514 g/mol. The van der Waals surface area contributed by atoms with Crippen LogP contribution in [0.1, 0.15) is 136 Å². The molecule has 0 radical (unpaired) electrons. The molecule has 38 heavy (non-hydrogen) atoms. The summed E-state index contributed by atoms with van der Waals surface area (Å²) in [6.07, 6.45) is 25.9. The van der Waals surface area contributed by atoms with Crippen molar-refractivity contribution in [2.24, 2.45) is 0 Å². The lowest BCUT2D eigenvalue weighted by Crippen LogP contribution is -2.23. The van der Waals surface area contributed by atoms with E-state index in [1.807, 2.05) is 19.1 Å². The fourth-order valence-corrected chi connectivity index (χ4v) is 6.17. The average Bonchev–Trinajstić information content (AvgIpc) is 2.88. The van der Waals surface area contributed by atoms with E-state index in [0.717, 1.165) is 18.6 Å². The van der Waals surface area contributed by atoms with Crippen molar-refractivity contribution < 1.29 is 19.1 Å². The van der Waals surface area contributed by atoms with Crippen LogP contribution < -0.4 is 5.32 Å². The third kappa shape index (κ3) is 28.1. The minimum atomic E-state index is -0.207. The summed E-state index contributed by atoms with van der Waals surface area (Å²) in [6, 6.07) is 0. The van der Waals surface area contributed by atoms with Crippen LogP contribution in [0.4, 0.5) is 0 Å². The first-order valence-corrected chi connectivity index (χ1v) is 17.3. The zero-order valence-corrected chi connectivity index (χ0v) is 26.4. The molecule has 1 N–H and O–H groups in total. The third-order valence-corrected chi connectivity index (χ3v) is 8.50. The van der Waals surface area contributed by atoms with Crippen LogP contribution in [0, 0.1) is 0 Å². The van der Waals surface area contributed by atoms with Gasteiger partial charge in [0.1, 0.15) is 0 Å². The topological polar surface area (TPSA) is 72.5 Å². The van der Waals surface area contributed by atoms with Gasteiger partial charge in [0.2, 0.25) is 5.91 Å². The number of thioether (sulfide) groups is 2. The van der Waals surface area contributed by atoms with Crippen LogP contribution in [-0.2, 0) is 19.1 Å². The summed E-state index contributed by atoms with van der Waals surface area (Å²) in [6.45, 7) is 6.80. The summed E-state index contributed by atoms with van der Waals surface area (Å²) in [7, 11) is 0. The molecule has 7 heteroatoms. The SMILES string of the molecule is CC=CC(CC(=O)SCCC(=O)OCCCCCCCCCCCCCCCCCC)SCCNC(C)=O. The van der Waals surface area contributed by atoms with Gasteiger partial charge in [0.05, 0.1) is 13.0 Å². The average molecular weight is 572 g/mol. The van der Waals surface area contributed by atoms with Crippen molar-refractivity contribution in [3.05, 3.63) is 12.2 Å². The molecule has 222 valence electrons. The fraction of sp³-hybridized carbons (Fsp3) is 0.839. The third-order valence-electron chi connectivity index (χ3n) is 6.41. The van der Waals surface area contributed by atoms with Crippen molar-refractivity contribution in [1.82, 2.24) is 5.32 Å². The van der Waals surface area contributed by atoms with Crippen molar-refractivity contribution in [3.8, 4) is 0 Å². The molecule has 0 aliphatic heterocycles. The Kier molecular flexibility index (Phi) is 28.3. The Hall–Kier alpha value is -0.950. The van der Waals surface area contributed by atoms with E-state index in [1.165, 1.54) is 109 Å². The molecular formula is C31H57NO4S2. The van der Waals surface area contributed by atoms with Gasteiger partial charge >= 0.3 is 5.97 Å². The number of hydrogen-bond acceptors (Lipinski definition) is 6. The molecule has 0 aliphatic rings. The molecule has 0 aromatic rings. The van der Waals surface area contributed by atoms with Gasteiger partial charge in [-0.3, -0.25) is 14.4 Å². The lowest BCUT2D eigenvalue weighted by atomic mass is 10.0. The van der Waals surface area contributed by atoms with E-state index in [0.29, 0.717) is 25.3 Å². The normalized spacial score (nSPS) is 12.1. The van der Waals surface area contributed by atoms with E-state index in [1.54, 1.807) is 11.8 Å². The number of hydrogen-bond donors (Lipinski definition) is 1. The molecule has 1 unspecified atom stereocenters. The van der Waals surface area contributed by atoms with E-state index in [4.69, 9.17) is 4.74 Å². The highest BCUT2D eigenvalue weighted by Gasteiger charge is 2.13. The number of ether oxygens (including phenoxy) is 1. The van der Waals surface area contributed by atoms with Crippen molar-refractivity contribution in [3.63, 3.8) is 0 Å². The predicted molar refractivity (Wildman–Crippen MR) is 167 cm³/mol. The molecule has 0 saturated heterocycles. The first kappa shape index (κ1) is 37.0. The Balaban J connectivity index is 3.52. The number of amides is 1. The van der Waals surface area contributed by atoms with Gasteiger partial charge < -0.3 is 10.1 Å². The lowest BCUT2D eigenvalue weighted by molar-refractivity contribution is -0.143. The number of unbranched alkanes of at least 4 members (excludes halogenated alkanes) is 15. The van der Waals surface area contributed by atoms with Gasteiger partial charge in [-0.25, -0.2) is 0 Å². The maximum atomic E-state index is 12.3. The highest BCUT2D eigenvalue weighted by Crippen LogP contribution is 2.20. The summed E-state index contributed by atoms with van der Waals surface area (Å²) >= 11 is 2.87. The van der Waals surface area contributed by atoms with E-state index >= 15 is 0 Å². The molecule has 0 bridgehead atoms. The van der Waals surface area contributed by atoms with E-state index in [9.17, 15) is 14.4 Å². The molecule has 0 aromatic carbocycles. The Morgan fingerprint density at radius 3 is 1.82 bits per heavy atom. The molecule has 1 atom stereocenters. The van der Waals surface area contributed by atoms with Crippen molar-refractivity contribution in [2.45, 2.75) is 142 Å². The second-order valence-electron chi connectivity index (χ2n) is 10.1. The Morgan fingerprint density at radius 1 is 0.789 bits per heavy atom. The summed E-state index contributed by atoms with van der Waals surface area (Å²) in [4.78, 5) is 35.2. The van der Waals surface area contributed by atoms with Gasteiger partial charge in [-0.2, -0.15) is 11.8 Å². The maximum absolute atomic E-state index is 12.3. The van der Waals surface area contributed by atoms with Crippen LogP contribution in [-0.4, -0.2) is 46.9 Å². The predicted octanol–water partition coefficient (Wildman–Crippen LogP) is 8.65. The maximum Gasteiger partial charge on any atom is 0.306 e. The van der Waals surface area contributed by atoms with Crippen LogP contribution >= 0.6 is 23.5 Å². The van der Waals surface area contributed by atoms with Crippen molar-refractivity contribution in [1.29, 1.82) is 0 Å². The second kappa shape index (κ2) is 29.0. The van der Waals surface area contributed by atoms with Crippen molar-refractivity contribution >= 4 is 40.5 Å². The van der Waals surface area contributed by atoms with Crippen molar-refractivity contribution in [2.75, 3.05) is 24.7 Å². The van der Waals surface area contributed by atoms with Gasteiger partial charge in [-0.15, -0.1) is 0 Å². The summed E-state index contributed by atoms with van der Waals surface area (Å²) in [5.41, 5.74) is 0. The monoisotopic (exact) mass is 571 g/mol. The summed E-state index contributed by atoms with van der Waals surface area (Å²) < 4.78 is 5.33. The number of rotatable bonds is 27. The van der Waals surface area contributed by atoms with Gasteiger partial charge in [0, 0.05) is 36.6 Å². The largest absolute Gasteiger partial charge is 0.466 e. The molecule has 0 saturated carbocycles. The summed E-state index contributed by atoms with van der Waals surface area (Å²) in [5.74, 6) is 0.982. The van der Waals surface area contributed by atoms with E-state index in [2.05, 4.69) is 12.2 Å². The van der Waals surface area contributed by atoms with Crippen LogP contribution in [0.2, 0.25) is 0 Å². The molecule has 0 fully saturated rings. The van der Waals surface area contributed by atoms with Crippen LogP contribution in [0.15, 0.2) is 12.2 Å². The van der Waals surface area contributed by atoms with E-state index < -0.39 is 0 Å². The minimum absolute atomic E-state index is 0.0403. The first-order chi connectivity index (χ1) is 18.5. The van der Waals surface area contributed by atoms with Crippen LogP contribution in [0.25, 0.3) is 0 Å². The molecule has 0 heterocycles. The zero-order valence-electron chi connectivity index (χ0n) is 24.7. The van der Waals surface area contributed by atoms with Gasteiger partial charge in [-0.1, -0.05) is 127 Å². The number of nitrogens with one attached hydrogen (secondary N) is 1. The Morgan fingerprint density at radius 2 is 1.32 bits per heavy atom. The highest BCUT2D eigenvalue weighted by atomic mass is 32.2. The first-order valence-electron chi connectivity index (χ1n) is 15.3. The number of esters is 1. The molecule has 1 amide bonds. The van der Waals surface area contributed by atoms with Gasteiger partial charge in [-0.05, 0) is 13.3 Å². The molecule has 0 rings (SSSR count). The number of allylic oxidation sites excluding steroid dienone is 1.